The largest absolute Gasteiger partial charge is 0.444 e. The Hall–Kier alpha value is -0.770. The first-order chi connectivity index (χ1) is 9.83. The van der Waals surface area contributed by atoms with Gasteiger partial charge in [0.25, 0.3) is 0 Å². The summed E-state index contributed by atoms with van der Waals surface area (Å²) in [5.41, 5.74) is -0.412. The average Bonchev–Trinajstić information content (AvgIpc) is 2.86. The Balaban J connectivity index is 1.81. The minimum absolute atomic E-state index is 0.165. The molecule has 4 heteroatoms. The molecular formula is C17H32N2O2. The average molecular weight is 296 g/mol. The van der Waals surface area contributed by atoms with E-state index in [1.807, 2.05) is 25.7 Å². The summed E-state index contributed by atoms with van der Waals surface area (Å²) in [5.74, 6) is 1.38. The highest BCUT2D eigenvalue weighted by atomic mass is 16.6. The van der Waals surface area contributed by atoms with Gasteiger partial charge in [-0.05, 0) is 58.4 Å². The van der Waals surface area contributed by atoms with E-state index in [-0.39, 0.29) is 6.09 Å². The van der Waals surface area contributed by atoms with Gasteiger partial charge < -0.3 is 15.0 Å². The Morgan fingerprint density at radius 2 is 1.90 bits per heavy atom. The van der Waals surface area contributed by atoms with Crippen molar-refractivity contribution in [3.05, 3.63) is 0 Å². The van der Waals surface area contributed by atoms with Gasteiger partial charge in [-0.15, -0.1) is 0 Å². The summed E-state index contributed by atoms with van der Waals surface area (Å²) in [6, 6.07) is 0.418. The van der Waals surface area contributed by atoms with E-state index in [0.717, 1.165) is 32.0 Å². The fourth-order valence-corrected chi connectivity index (χ4v) is 3.52. The Morgan fingerprint density at radius 1 is 1.24 bits per heavy atom. The van der Waals surface area contributed by atoms with Gasteiger partial charge in [0.2, 0.25) is 0 Å². The molecule has 122 valence electrons. The molecule has 1 amide bonds. The van der Waals surface area contributed by atoms with Gasteiger partial charge in [0.15, 0.2) is 0 Å². The highest BCUT2D eigenvalue weighted by Crippen LogP contribution is 2.25. The molecule has 2 atom stereocenters. The van der Waals surface area contributed by atoms with Gasteiger partial charge in [0.05, 0.1) is 0 Å². The second kappa shape index (κ2) is 6.99. The van der Waals surface area contributed by atoms with Crippen LogP contribution in [0.2, 0.25) is 0 Å². The fraction of sp³-hybridized carbons (Fsp3) is 0.941. The fourth-order valence-electron chi connectivity index (χ4n) is 3.52. The first-order valence-corrected chi connectivity index (χ1v) is 8.55. The predicted molar refractivity (Wildman–Crippen MR) is 85.3 cm³/mol. The molecule has 1 saturated carbocycles. The van der Waals surface area contributed by atoms with Crippen molar-refractivity contribution in [3.63, 3.8) is 0 Å². The van der Waals surface area contributed by atoms with Gasteiger partial charge in [-0.25, -0.2) is 4.79 Å². The molecule has 0 aromatic rings. The lowest BCUT2D eigenvalue weighted by Gasteiger charge is -2.38. The Morgan fingerprint density at radius 3 is 2.52 bits per heavy atom. The molecule has 1 aliphatic heterocycles. The molecule has 0 aromatic carbocycles. The Kier molecular flexibility index (Phi) is 5.53. The predicted octanol–water partition coefficient (Wildman–Crippen LogP) is 3.41. The zero-order valence-corrected chi connectivity index (χ0v) is 14.2. The van der Waals surface area contributed by atoms with Crippen molar-refractivity contribution in [2.24, 2.45) is 11.8 Å². The molecule has 1 heterocycles. The lowest BCUT2D eigenvalue weighted by molar-refractivity contribution is 0.0136. The Bertz CT molecular complexity index is 345. The quantitative estimate of drug-likeness (QED) is 0.867. The summed E-state index contributed by atoms with van der Waals surface area (Å²) >= 11 is 0. The summed E-state index contributed by atoms with van der Waals surface area (Å²) in [6.45, 7) is 10.7. The minimum atomic E-state index is -0.412. The van der Waals surface area contributed by atoms with Crippen LogP contribution in [0.1, 0.15) is 59.8 Å². The van der Waals surface area contributed by atoms with E-state index >= 15 is 0 Å². The van der Waals surface area contributed by atoms with Gasteiger partial charge in [-0.1, -0.05) is 19.8 Å². The molecule has 2 rings (SSSR count). The monoisotopic (exact) mass is 296 g/mol. The van der Waals surface area contributed by atoms with Crippen LogP contribution in [0.15, 0.2) is 0 Å². The molecule has 0 spiro atoms. The van der Waals surface area contributed by atoms with Crippen LogP contribution >= 0.6 is 0 Å². The zero-order valence-electron chi connectivity index (χ0n) is 14.2. The number of hydrogen-bond acceptors (Lipinski definition) is 3. The molecule has 1 aliphatic carbocycles. The standard InChI is InChI=1S/C17H32N2O2/c1-13-9-15(18-10-14-7-5-6-8-14)12-19(11-13)16(20)21-17(2,3)4/h13-15,18H,5-12H2,1-4H3. The maximum absolute atomic E-state index is 12.2. The maximum Gasteiger partial charge on any atom is 0.410 e. The second-order valence-corrected chi connectivity index (χ2v) is 7.98. The van der Waals surface area contributed by atoms with E-state index in [4.69, 9.17) is 4.74 Å². The van der Waals surface area contributed by atoms with E-state index in [0.29, 0.717) is 12.0 Å². The number of hydrogen-bond donors (Lipinski definition) is 1. The highest BCUT2D eigenvalue weighted by molar-refractivity contribution is 5.68. The summed E-state index contributed by atoms with van der Waals surface area (Å²) in [4.78, 5) is 14.1. The molecule has 0 bridgehead atoms. The lowest BCUT2D eigenvalue weighted by atomic mass is 9.95. The van der Waals surface area contributed by atoms with E-state index in [1.165, 1.54) is 25.7 Å². The number of nitrogens with one attached hydrogen (secondary N) is 1. The summed E-state index contributed by atoms with van der Waals surface area (Å²) in [7, 11) is 0. The van der Waals surface area contributed by atoms with Crippen molar-refractivity contribution in [1.82, 2.24) is 10.2 Å². The molecule has 4 nitrogen and oxygen atoms in total. The molecule has 2 fully saturated rings. The number of amides is 1. The zero-order chi connectivity index (χ0) is 15.5. The van der Waals surface area contributed by atoms with Crippen LogP contribution in [0.25, 0.3) is 0 Å². The molecule has 0 radical (unpaired) electrons. The number of ether oxygens (including phenoxy) is 1. The van der Waals surface area contributed by atoms with Crippen LogP contribution < -0.4 is 5.32 Å². The van der Waals surface area contributed by atoms with Crippen molar-refractivity contribution >= 4 is 6.09 Å². The van der Waals surface area contributed by atoms with Crippen LogP contribution in [0.4, 0.5) is 4.79 Å². The maximum atomic E-state index is 12.2. The normalized spacial score (nSPS) is 27.9. The minimum Gasteiger partial charge on any atom is -0.444 e. The van der Waals surface area contributed by atoms with E-state index in [1.54, 1.807) is 0 Å². The summed E-state index contributed by atoms with van der Waals surface area (Å²) < 4.78 is 5.51. The summed E-state index contributed by atoms with van der Waals surface area (Å²) in [6.07, 6.45) is 6.50. The number of likely N-dealkylation sites (tertiary alicyclic amines) is 1. The van der Waals surface area contributed by atoms with Gasteiger partial charge >= 0.3 is 6.09 Å². The van der Waals surface area contributed by atoms with Crippen molar-refractivity contribution in [3.8, 4) is 0 Å². The topological polar surface area (TPSA) is 41.6 Å². The lowest BCUT2D eigenvalue weighted by Crippen LogP contribution is -2.52. The number of nitrogens with zero attached hydrogens (tertiary/aromatic N) is 1. The van der Waals surface area contributed by atoms with Crippen molar-refractivity contribution in [2.75, 3.05) is 19.6 Å². The van der Waals surface area contributed by atoms with Gasteiger partial charge in [-0.2, -0.15) is 0 Å². The van der Waals surface area contributed by atoms with Crippen LogP contribution in [0, 0.1) is 11.8 Å². The van der Waals surface area contributed by atoms with Crippen LogP contribution in [-0.2, 0) is 4.74 Å². The first kappa shape index (κ1) is 16.6. The molecule has 2 unspecified atom stereocenters. The first-order valence-electron chi connectivity index (χ1n) is 8.55. The van der Waals surface area contributed by atoms with E-state index < -0.39 is 5.60 Å². The number of rotatable bonds is 3. The molecule has 2 aliphatic rings. The SMILES string of the molecule is CC1CC(NCC2CCCC2)CN(C(=O)OC(C)(C)C)C1. The second-order valence-electron chi connectivity index (χ2n) is 7.98. The Labute approximate surface area is 129 Å². The van der Waals surface area contributed by atoms with Crippen molar-refractivity contribution in [2.45, 2.75) is 71.4 Å². The number of carbonyl (C=O) groups excluding carboxylic acids is 1. The molecule has 0 aromatic heterocycles. The van der Waals surface area contributed by atoms with E-state index in [2.05, 4.69) is 12.2 Å². The molecule has 1 N–H and O–H groups in total. The van der Waals surface area contributed by atoms with Gasteiger partial charge in [0.1, 0.15) is 5.60 Å². The van der Waals surface area contributed by atoms with Crippen molar-refractivity contribution in [1.29, 1.82) is 0 Å². The third-order valence-electron chi connectivity index (χ3n) is 4.48. The summed E-state index contributed by atoms with van der Waals surface area (Å²) in [5, 5.41) is 3.69. The van der Waals surface area contributed by atoms with Crippen molar-refractivity contribution < 1.29 is 9.53 Å². The van der Waals surface area contributed by atoms with Gasteiger partial charge in [0, 0.05) is 19.1 Å². The van der Waals surface area contributed by atoms with Crippen LogP contribution in [0.5, 0.6) is 0 Å². The third-order valence-corrected chi connectivity index (χ3v) is 4.48. The van der Waals surface area contributed by atoms with Gasteiger partial charge in [-0.3, -0.25) is 0 Å². The van der Waals surface area contributed by atoms with E-state index in [9.17, 15) is 4.79 Å². The number of piperidine rings is 1. The molecule has 21 heavy (non-hydrogen) atoms. The molecule has 1 saturated heterocycles. The van der Waals surface area contributed by atoms with Crippen LogP contribution in [0.3, 0.4) is 0 Å². The molecular weight excluding hydrogens is 264 g/mol. The third kappa shape index (κ3) is 5.50. The van der Waals surface area contributed by atoms with Crippen LogP contribution in [-0.4, -0.2) is 42.3 Å². The smallest absolute Gasteiger partial charge is 0.410 e. The number of carbonyl (C=O) groups is 1. The highest BCUT2D eigenvalue weighted by Gasteiger charge is 2.31.